The first-order valence-corrected chi connectivity index (χ1v) is 7.86. The Balaban J connectivity index is 1.82. The van der Waals surface area contributed by atoms with Gasteiger partial charge >= 0.3 is 0 Å². The lowest BCUT2D eigenvalue weighted by Crippen LogP contribution is -2.14. The average Bonchev–Trinajstić information content (AvgIpc) is 2.62. The van der Waals surface area contributed by atoms with Crippen molar-refractivity contribution in [1.82, 2.24) is 4.98 Å². The van der Waals surface area contributed by atoms with Crippen LogP contribution in [0.1, 0.15) is 6.92 Å². The van der Waals surface area contributed by atoms with Crippen molar-refractivity contribution in [2.45, 2.75) is 6.92 Å². The van der Waals surface area contributed by atoms with Crippen molar-refractivity contribution < 1.29 is 4.79 Å². The van der Waals surface area contributed by atoms with E-state index in [1.807, 2.05) is 48.5 Å². The second kappa shape index (κ2) is 7.15. The number of anilines is 2. The summed E-state index contributed by atoms with van der Waals surface area (Å²) >= 11 is 6.22. The number of pyridine rings is 1. The van der Waals surface area contributed by atoms with E-state index in [-0.39, 0.29) is 10.9 Å². The van der Waals surface area contributed by atoms with Gasteiger partial charge in [-0.05, 0) is 31.2 Å². The number of nitrogens with one attached hydrogen (secondary N) is 2. The van der Waals surface area contributed by atoms with Crippen LogP contribution in [-0.4, -0.2) is 10.9 Å². The lowest BCUT2D eigenvalue weighted by molar-refractivity contribution is -0.112. The number of nitrogens with zero attached hydrogens (tertiary/aromatic N) is 1. The van der Waals surface area contributed by atoms with Gasteiger partial charge in [-0.15, -0.1) is 0 Å². The Morgan fingerprint density at radius 2 is 1.71 bits per heavy atom. The van der Waals surface area contributed by atoms with Gasteiger partial charge in [0.2, 0.25) is 0 Å². The Bertz CT molecular complexity index is 901. The third-order valence-corrected chi connectivity index (χ3v) is 3.97. The zero-order chi connectivity index (χ0) is 16.9. The fraction of sp³-hybridized carbons (Fsp3) is 0.0526. The molecule has 2 N–H and O–H groups in total. The van der Waals surface area contributed by atoms with Gasteiger partial charge in [0.05, 0.1) is 11.2 Å². The highest BCUT2D eigenvalue weighted by Crippen LogP contribution is 2.23. The molecule has 0 spiro atoms. The SMILES string of the molecule is CC(Nc1cccc2cccnc12)=C(Cl)C(=O)Nc1ccccc1. The summed E-state index contributed by atoms with van der Waals surface area (Å²) in [5.74, 6) is -0.360. The molecule has 1 aromatic heterocycles. The molecule has 0 aliphatic carbocycles. The first-order valence-electron chi connectivity index (χ1n) is 7.48. The highest BCUT2D eigenvalue weighted by atomic mass is 35.5. The molecule has 4 nitrogen and oxygen atoms in total. The normalized spacial score (nSPS) is 11.8. The van der Waals surface area contributed by atoms with Crippen LogP contribution >= 0.6 is 11.6 Å². The molecule has 0 aliphatic rings. The molecule has 0 bridgehead atoms. The first kappa shape index (κ1) is 16.0. The maximum absolute atomic E-state index is 12.3. The monoisotopic (exact) mass is 337 g/mol. The second-order valence-electron chi connectivity index (χ2n) is 5.26. The summed E-state index contributed by atoms with van der Waals surface area (Å²) in [6.45, 7) is 1.76. The predicted octanol–water partition coefficient (Wildman–Crippen LogP) is 4.76. The standard InChI is InChI=1S/C19H16ClN3O/c1-13(17(20)19(24)23-15-9-3-2-4-10-15)22-16-11-5-7-14-8-6-12-21-18(14)16/h2-12,22H,1H3,(H,23,24). The van der Waals surface area contributed by atoms with Crippen LogP contribution < -0.4 is 10.6 Å². The van der Waals surface area contributed by atoms with Crippen molar-refractivity contribution >= 4 is 39.8 Å². The van der Waals surface area contributed by atoms with Gasteiger partial charge in [-0.1, -0.05) is 48.0 Å². The molecule has 0 unspecified atom stereocenters. The van der Waals surface area contributed by atoms with Crippen molar-refractivity contribution in [2.75, 3.05) is 10.6 Å². The number of amides is 1. The van der Waals surface area contributed by atoms with E-state index in [1.165, 1.54) is 0 Å². The number of benzene rings is 2. The van der Waals surface area contributed by atoms with Gasteiger partial charge in [-0.25, -0.2) is 0 Å². The van der Waals surface area contributed by atoms with Crippen molar-refractivity contribution in [1.29, 1.82) is 0 Å². The molecule has 0 fully saturated rings. The zero-order valence-electron chi connectivity index (χ0n) is 13.1. The maximum atomic E-state index is 12.3. The number of carbonyl (C=O) groups is 1. The number of hydrogen-bond donors (Lipinski definition) is 2. The number of aromatic nitrogens is 1. The summed E-state index contributed by atoms with van der Waals surface area (Å²) in [6.07, 6.45) is 1.73. The molecule has 1 heterocycles. The van der Waals surface area contributed by atoms with Gasteiger partial charge in [0.15, 0.2) is 0 Å². The smallest absolute Gasteiger partial charge is 0.268 e. The Labute approximate surface area is 145 Å². The van der Waals surface area contributed by atoms with Crippen LogP contribution in [0, 0.1) is 0 Å². The average molecular weight is 338 g/mol. The van der Waals surface area contributed by atoms with Gasteiger partial charge in [0, 0.05) is 23.0 Å². The number of fused-ring (bicyclic) bond motifs is 1. The topological polar surface area (TPSA) is 54.0 Å². The molecule has 5 heteroatoms. The highest BCUT2D eigenvalue weighted by Gasteiger charge is 2.12. The van der Waals surface area contributed by atoms with E-state index in [9.17, 15) is 4.79 Å². The van der Waals surface area contributed by atoms with E-state index in [2.05, 4.69) is 15.6 Å². The molecule has 0 saturated carbocycles. The van der Waals surface area contributed by atoms with E-state index in [0.717, 1.165) is 16.6 Å². The van der Waals surface area contributed by atoms with Crippen molar-refractivity contribution in [3.63, 3.8) is 0 Å². The van der Waals surface area contributed by atoms with E-state index in [0.29, 0.717) is 11.4 Å². The van der Waals surface area contributed by atoms with Crippen LogP contribution in [0.4, 0.5) is 11.4 Å². The lowest BCUT2D eigenvalue weighted by Gasteiger charge is -2.11. The number of allylic oxidation sites excluding steroid dienone is 1. The van der Waals surface area contributed by atoms with Crippen LogP contribution in [0.25, 0.3) is 10.9 Å². The number of rotatable bonds is 4. The van der Waals surface area contributed by atoms with E-state index < -0.39 is 0 Å². The molecule has 120 valence electrons. The van der Waals surface area contributed by atoms with Crippen molar-refractivity contribution in [2.24, 2.45) is 0 Å². The first-order chi connectivity index (χ1) is 11.6. The Morgan fingerprint density at radius 1 is 0.958 bits per heavy atom. The molecular weight excluding hydrogens is 322 g/mol. The quantitative estimate of drug-likeness (QED) is 0.675. The number of hydrogen-bond acceptors (Lipinski definition) is 3. The molecule has 0 saturated heterocycles. The van der Waals surface area contributed by atoms with E-state index in [1.54, 1.807) is 25.3 Å². The summed E-state index contributed by atoms with van der Waals surface area (Å²) in [4.78, 5) is 16.6. The number of para-hydroxylation sites is 2. The largest absolute Gasteiger partial charge is 0.356 e. The van der Waals surface area contributed by atoms with Crippen LogP contribution in [0.2, 0.25) is 0 Å². The van der Waals surface area contributed by atoms with Gasteiger partial charge in [0.1, 0.15) is 5.03 Å². The van der Waals surface area contributed by atoms with Crippen LogP contribution in [0.3, 0.4) is 0 Å². The molecule has 2 aromatic carbocycles. The summed E-state index contributed by atoms with van der Waals surface area (Å²) in [6, 6.07) is 18.9. The summed E-state index contributed by atoms with van der Waals surface area (Å²) < 4.78 is 0. The Morgan fingerprint density at radius 3 is 2.50 bits per heavy atom. The molecule has 3 rings (SSSR count). The fourth-order valence-corrected chi connectivity index (χ4v) is 2.43. The molecule has 0 aliphatic heterocycles. The highest BCUT2D eigenvalue weighted by molar-refractivity contribution is 6.44. The molecule has 3 aromatic rings. The molecule has 0 atom stereocenters. The third-order valence-electron chi connectivity index (χ3n) is 3.52. The minimum atomic E-state index is -0.360. The van der Waals surface area contributed by atoms with Crippen LogP contribution in [-0.2, 0) is 4.79 Å². The summed E-state index contributed by atoms with van der Waals surface area (Å²) in [5.41, 5.74) is 2.88. The predicted molar refractivity (Wildman–Crippen MR) is 99.0 cm³/mol. The van der Waals surface area contributed by atoms with Crippen LogP contribution in [0.15, 0.2) is 77.6 Å². The third kappa shape index (κ3) is 3.55. The minimum Gasteiger partial charge on any atom is -0.356 e. The van der Waals surface area contributed by atoms with Crippen LogP contribution in [0.5, 0.6) is 0 Å². The lowest BCUT2D eigenvalue weighted by atomic mass is 10.2. The van der Waals surface area contributed by atoms with E-state index in [4.69, 9.17) is 11.6 Å². The molecule has 24 heavy (non-hydrogen) atoms. The van der Waals surface area contributed by atoms with Crippen molar-refractivity contribution in [3.8, 4) is 0 Å². The van der Waals surface area contributed by atoms with Gasteiger partial charge in [-0.2, -0.15) is 0 Å². The minimum absolute atomic E-state index is 0.104. The summed E-state index contributed by atoms with van der Waals surface area (Å²) in [7, 11) is 0. The molecular formula is C19H16ClN3O. The Hall–Kier alpha value is -2.85. The molecule has 0 radical (unpaired) electrons. The maximum Gasteiger partial charge on any atom is 0.268 e. The second-order valence-corrected chi connectivity index (χ2v) is 5.64. The number of halogens is 1. The van der Waals surface area contributed by atoms with Gasteiger partial charge < -0.3 is 10.6 Å². The van der Waals surface area contributed by atoms with Crippen molar-refractivity contribution in [3.05, 3.63) is 77.6 Å². The van der Waals surface area contributed by atoms with Gasteiger partial charge in [0.25, 0.3) is 5.91 Å². The number of carbonyl (C=O) groups excluding carboxylic acids is 1. The summed E-state index contributed by atoms with van der Waals surface area (Å²) in [5, 5.41) is 7.05. The Kier molecular flexibility index (Phi) is 4.77. The van der Waals surface area contributed by atoms with Gasteiger partial charge in [-0.3, -0.25) is 9.78 Å². The molecule has 1 amide bonds. The zero-order valence-corrected chi connectivity index (χ0v) is 13.8. The fourth-order valence-electron chi connectivity index (χ4n) is 2.34. The van der Waals surface area contributed by atoms with E-state index >= 15 is 0 Å².